The molecular weight excluding hydrogens is 350 g/mol. The highest BCUT2D eigenvalue weighted by atomic mass is 32.1. The van der Waals surface area contributed by atoms with Gasteiger partial charge in [0.25, 0.3) is 0 Å². The Bertz CT molecular complexity index is 764. The minimum absolute atomic E-state index is 0.422. The second-order valence-electron chi connectivity index (χ2n) is 6.45. The zero-order valence-electron chi connectivity index (χ0n) is 15.4. The molecule has 26 heavy (non-hydrogen) atoms. The highest BCUT2D eigenvalue weighted by Gasteiger charge is 2.21. The van der Waals surface area contributed by atoms with Crippen molar-refractivity contribution >= 4 is 29.1 Å². The van der Waals surface area contributed by atoms with Gasteiger partial charge in [0, 0.05) is 18.7 Å². The van der Waals surface area contributed by atoms with Crippen LogP contribution >= 0.6 is 12.2 Å². The van der Waals surface area contributed by atoms with Gasteiger partial charge >= 0.3 is 0 Å². The summed E-state index contributed by atoms with van der Waals surface area (Å²) in [5.41, 5.74) is 0. The Hall–Kier alpha value is -2.35. The predicted molar refractivity (Wildman–Crippen MR) is 106 cm³/mol. The Kier molecular flexibility index (Phi) is 5.92. The summed E-state index contributed by atoms with van der Waals surface area (Å²) >= 11 is 5.35. The maximum Gasteiger partial charge on any atom is 0.234 e. The molecule has 1 atom stereocenters. The van der Waals surface area contributed by atoms with E-state index >= 15 is 0 Å². The molecule has 2 aromatic heterocycles. The van der Waals surface area contributed by atoms with Crippen molar-refractivity contribution in [3.8, 4) is 5.88 Å². The van der Waals surface area contributed by atoms with Gasteiger partial charge in [0.15, 0.2) is 5.11 Å². The van der Waals surface area contributed by atoms with Crippen LogP contribution in [0.4, 0.5) is 11.8 Å². The molecule has 8 heteroatoms. The molecule has 0 spiro atoms. The van der Waals surface area contributed by atoms with E-state index in [0.29, 0.717) is 29.5 Å². The normalized spacial score (nSPS) is 17.0. The van der Waals surface area contributed by atoms with Crippen molar-refractivity contribution in [1.82, 2.24) is 15.3 Å². The highest BCUT2D eigenvalue weighted by molar-refractivity contribution is 7.80. The molecule has 1 fully saturated rings. The molecule has 0 aromatic carbocycles. The minimum atomic E-state index is 0.422. The Balaban J connectivity index is 1.68. The van der Waals surface area contributed by atoms with Crippen LogP contribution in [0, 0.1) is 6.92 Å². The van der Waals surface area contributed by atoms with Crippen LogP contribution in [0.5, 0.6) is 5.88 Å². The quantitative estimate of drug-likeness (QED) is 0.772. The lowest BCUT2D eigenvalue weighted by Gasteiger charge is -2.34. The molecule has 0 aliphatic carbocycles. The van der Waals surface area contributed by atoms with Crippen LogP contribution in [-0.2, 0) is 6.54 Å². The van der Waals surface area contributed by atoms with Gasteiger partial charge in [-0.05, 0) is 57.5 Å². The molecule has 3 heterocycles. The molecule has 1 aliphatic heterocycles. The lowest BCUT2D eigenvalue weighted by Crippen LogP contribution is -2.38. The molecule has 0 radical (unpaired) electrons. The van der Waals surface area contributed by atoms with E-state index in [1.807, 2.05) is 25.1 Å². The minimum Gasteiger partial charge on any atom is -0.481 e. The van der Waals surface area contributed by atoms with E-state index in [9.17, 15) is 0 Å². The standard InChI is InChI=1S/C18H25N5O2S/c1-12-6-4-5-9-23(12)15-10-16(24-3)21-17(20-15)22-18(26)19-11-14-8-7-13(2)25-14/h7-8,10,12H,4-6,9,11H2,1-3H3,(H2,19,20,21,22,26)/t12-/m1/s1. The second kappa shape index (κ2) is 8.35. The van der Waals surface area contributed by atoms with Gasteiger partial charge in [-0.15, -0.1) is 0 Å². The number of hydrogen-bond acceptors (Lipinski definition) is 6. The van der Waals surface area contributed by atoms with Crippen LogP contribution in [-0.4, -0.2) is 34.8 Å². The van der Waals surface area contributed by atoms with Crippen LogP contribution in [0.15, 0.2) is 22.6 Å². The number of rotatable bonds is 5. The van der Waals surface area contributed by atoms with E-state index in [1.165, 1.54) is 12.8 Å². The van der Waals surface area contributed by atoms with Gasteiger partial charge in [0.1, 0.15) is 17.3 Å². The van der Waals surface area contributed by atoms with Crippen molar-refractivity contribution < 1.29 is 9.15 Å². The topological polar surface area (TPSA) is 75.5 Å². The Morgan fingerprint density at radius 2 is 2.23 bits per heavy atom. The third-order valence-electron chi connectivity index (χ3n) is 4.44. The maximum atomic E-state index is 5.52. The number of furan rings is 1. The summed E-state index contributed by atoms with van der Waals surface area (Å²) in [7, 11) is 1.60. The van der Waals surface area contributed by atoms with Crippen molar-refractivity contribution in [2.75, 3.05) is 23.9 Å². The van der Waals surface area contributed by atoms with Gasteiger partial charge in [-0.25, -0.2) is 0 Å². The summed E-state index contributed by atoms with van der Waals surface area (Å²) in [6, 6.07) is 6.16. The Morgan fingerprint density at radius 3 is 2.92 bits per heavy atom. The first-order valence-corrected chi connectivity index (χ1v) is 9.26. The molecule has 2 aromatic rings. The molecule has 2 N–H and O–H groups in total. The predicted octanol–water partition coefficient (Wildman–Crippen LogP) is 3.25. The van der Waals surface area contributed by atoms with Crippen LogP contribution in [0.25, 0.3) is 0 Å². The smallest absolute Gasteiger partial charge is 0.234 e. The van der Waals surface area contributed by atoms with Crippen LogP contribution in [0.1, 0.15) is 37.7 Å². The number of nitrogens with one attached hydrogen (secondary N) is 2. The van der Waals surface area contributed by atoms with Gasteiger partial charge in [0.05, 0.1) is 13.7 Å². The lowest BCUT2D eigenvalue weighted by molar-refractivity contribution is 0.396. The lowest BCUT2D eigenvalue weighted by atomic mass is 10.0. The van der Waals surface area contributed by atoms with Gasteiger partial charge in [-0.2, -0.15) is 9.97 Å². The summed E-state index contributed by atoms with van der Waals surface area (Å²) in [5, 5.41) is 6.57. The third kappa shape index (κ3) is 4.63. The van der Waals surface area contributed by atoms with E-state index in [0.717, 1.165) is 30.3 Å². The first-order chi connectivity index (χ1) is 12.5. The van der Waals surface area contributed by atoms with E-state index in [1.54, 1.807) is 7.11 Å². The van der Waals surface area contributed by atoms with Gasteiger partial charge in [-0.1, -0.05) is 0 Å². The summed E-state index contributed by atoms with van der Waals surface area (Å²) in [4.78, 5) is 11.3. The molecular formula is C18H25N5O2S. The highest BCUT2D eigenvalue weighted by Crippen LogP contribution is 2.26. The van der Waals surface area contributed by atoms with Crippen molar-refractivity contribution in [3.05, 3.63) is 29.7 Å². The molecule has 1 saturated heterocycles. The monoisotopic (exact) mass is 375 g/mol. The molecule has 0 unspecified atom stereocenters. The maximum absolute atomic E-state index is 5.52. The van der Waals surface area contributed by atoms with Crippen molar-refractivity contribution in [2.24, 2.45) is 0 Å². The molecule has 140 valence electrons. The summed E-state index contributed by atoms with van der Waals surface area (Å²) in [6.07, 6.45) is 3.59. The molecule has 0 amide bonds. The first-order valence-electron chi connectivity index (χ1n) is 8.85. The molecule has 0 bridgehead atoms. The average Bonchev–Trinajstić information content (AvgIpc) is 3.05. The number of piperidine rings is 1. The molecule has 0 saturated carbocycles. The fourth-order valence-corrected chi connectivity index (χ4v) is 3.22. The van der Waals surface area contributed by atoms with Crippen LogP contribution in [0.2, 0.25) is 0 Å². The summed E-state index contributed by atoms with van der Waals surface area (Å²) < 4.78 is 10.9. The van der Waals surface area contributed by atoms with Gasteiger partial charge in [0.2, 0.25) is 11.8 Å². The fraction of sp³-hybridized carbons (Fsp3) is 0.500. The van der Waals surface area contributed by atoms with Gasteiger partial charge in [-0.3, -0.25) is 0 Å². The van der Waals surface area contributed by atoms with Crippen LogP contribution < -0.4 is 20.3 Å². The largest absolute Gasteiger partial charge is 0.481 e. The zero-order valence-corrected chi connectivity index (χ0v) is 16.2. The number of thiocarbonyl (C=S) groups is 1. The van der Waals surface area contributed by atoms with E-state index in [2.05, 4.69) is 32.4 Å². The molecule has 7 nitrogen and oxygen atoms in total. The fourth-order valence-electron chi connectivity index (χ4n) is 3.05. The second-order valence-corrected chi connectivity index (χ2v) is 6.86. The van der Waals surface area contributed by atoms with Gasteiger partial charge < -0.3 is 24.7 Å². The van der Waals surface area contributed by atoms with Crippen molar-refractivity contribution in [3.63, 3.8) is 0 Å². The molecule has 1 aliphatic rings. The first kappa shape index (κ1) is 18.4. The number of hydrogen-bond donors (Lipinski definition) is 2. The van der Waals surface area contributed by atoms with E-state index < -0.39 is 0 Å². The molecule has 3 rings (SSSR count). The average molecular weight is 375 g/mol. The zero-order chi connectivity index (χ0) is 18.5. The summed E-state index contributed by atoms with van der Waals surface area (Å²) in [5.74, 6) is 3.49. The SMILES string of the molecule is COc1cc(N2CCCC[C@H]2C)nc(NC(=S)NCc2ccc(C)o2)n1. The Labute approximate surface area is 159 Å². The third-order valence-corrected chi connectivity index (χ3v) is 4.69. The number of ether oxygens (including phenoxy) is 1. The van der Waals surface area contributed by atoms with Crippen LogP contribution in [0.3, 0.4) is 0 Å². The van der Waals surface area contributed by atoms with E-state index in [4.69, 9.17) is 21.4 Å². The number of aromatic nitrogens is 2. The van der Waals surface area contributed by atoms with E-state index in [-0.39, 0.29) is 0 Å². The number of anilines is 2. The van der Waals surface area contributed by atoms with Crippen molar-refractivity contribution in [1.29, 1.82) is 0 Å². The van der Waals surface area contributed by atoms with Crippen molar-refractivity contribution in [2.45, 2.75) is 45.7 Å². The number of methoxy groups -OCH3 is 1. The number of aryl methyl sites for hydroxylation is 1. The number of nitrogens with zero attached hydrogens (tertiary/aromatic N) is 3. The summed E-state index contributed by atoms with van der Waals surface area (Å²) in [6.45, 7) is 5.62. The Morgan fingerprint density at radius 1 is 1.38 bits per heavy atom.